The van der Waals surface area contributed by atoms with Gasteiger partial charge < -0.3 is 14.9 Å². The van der Waals surface area contributed by atoms with Gasteiger partial charge in [-0.2, -0.15) is 0 Å². The Kier molecular flexibility index (Phi) is 4.61. The summed E-state index contributed by atoms with van der Waals surface area (Å²) in [4.78, 5) is 20.7. The van der Waals surface area contributed by atoms with E-state index >= 15 is 0 Å². The molecule has 0 radical (unpaired) electrons. The minimum Gasteiger partial charge on any atom is -0.493 e. The third-order valence-corrected chi connectivity index (χ3v) is 2.20. The number of carboxylic acids is 1. The zero-order valence-corrected chi connectivity index (χ0v) is 9.70. The molecule has 0 saturated carbocycles. The number of carboxylic acid groups (broad SMARTS) is 1. The molecule has 1 aromatic rings. The Morgan fingerprint density at radius 1 is 1.56 bits per heavy atom. The molecule has 0 amide bonds. The van der Waals surface area contributed by atoms with Crippen molar-refractivity contribution in [2.24, 2.45) is 0 Å². The number of benzene rings is 1. The zero-order valence-electron chi connectivity index (χ0n) is 9.70. The van der Waals surface area contributed by atoms with Crippen LogP contribution < -0.4 is 4.74 Å². The molecular weight excluding hydrogens is 242 g/mol. The van der Waals surface area contributed by atoms with E-state index in [4.69, 9.17) is 14.9 Å². The number of nitro benzene ring substituents is 1. The number of aliphatic hydroxyl groups is 1. The first-order valence-corrected chi connectivity index (χ1v) is 5.24. The SMILES string of the molecule is CC(O)CCOc1ccc([N+](=O)[O-])c(C(=O)O)c1. The number of hydrogen-bond acceptors (Lipinski definition) is 5. The lowest BCUT2D eigenvalue weighted by atomic mass is 10.1. The molecule has 1 aromatic carbocycles. The second kappa shape index (κ2) is 5.97. The van der Waals surface area contributed by atoms with E-state index in [1.165, 1.54) is 6.07 Å². The highest BCUT2D eigenvalue weighted by Gasteiger charge is 2.20. The van der Waals surface area contributed by atoms with Gasteiger partial charge in [-0.05, 0) is 13.0 Å². The zero-order chi connectivity index (χ0) is 13.7. The Balaban J connectivity index is 2.87. The van der Waals surface area contributed by atoms with E-state index in [2.05, 4.69) is 0 Å². The third kappa shape index (κ3) is 3.70. The molecule has 18 heavy (non-hydrogen) atoms. The molecule has 1 atom stereocenters. The fraction of sp³-hybridized carbons (Fsp3) is 0.364. The van der Waals surface area contributed by atoms with Gasteiger partial charge in [0.05, 0.1) is 17.6 Å². The van der Waals surface area contributed by atoms with Crippen molar-refractivity contribution in [2.45, 2.75) is 19.4 Å². The Bertz CT molecular complexity index is 457. The number of ether oxygens (including phenoxy) is 1. The van der Waals surface area contributed by atoms with Gasteiger partial charge in [0.2, 0.25) is 0 Å². The van der Waals surface area contributed by atoms with Crippen LogP contribution in [0.5, 0.6) is 5.75 Å². The van der Waals surface area contributed by atoms with Crippen molar-refractivity contribution in [1.29, 1.82) is 0 Å². The van der Waals surface area contributed by atoms with E-state index in [0.717, 1.165) is 12.1 Å². The van der Waals surface area contributed by atoms with E-state index < -0.39 is 28.2 Å². The molecule has 0 bridgehead atoms. The van der Waals surface area contributed by atoms with E-state index in [1.807, 2.05) is 0 Å². The lowest BCUT2D eigenvalue weighted by Gasteiger charge is -2.08. The van der Waals surface area contributed by atoms with Gasteiger partial charge in [-0.15, -0.1) is 0 Å². The van der Waals surface area contributed by atoms with Crippen LogP contribution in [0.1, 0.15) is 23.7 Å². The monoisotopic (exact) mass is 255 g/mol. The summed E-state index contributed by atoms with van der Waals surface area (Å²) >= 11 is 0. The third-order valence-electron chi connectivity index (χ3n) is 2.20. The van der Waals surface area contributed by atoms with Gasteiger partial charge in [0.1, 0.15) is 11.3 Å². The first-order valence-electron chi connectivity index (χ1n) is 5.24. The highest BCUT2D eigenvalue weighted by atomic mass is 16.6. The second-order valence-electron chi connectivity index (χ2n) is 3.73. The smallest absolute Gasteiger partial charge is 0.342 e. The summed E-state index contributed by atoms with van der Waals surface area (Å²) in [6, 6.07) is 3.51. The molecule has 0 aromatic heterocycles. The van der Waals surface area contributed by atoms with E-state index in [0.29, 0.717) is 6.42 Å². The van der Waals surface area contributed by atoms with Crippen molar-refractivity contribution in [1.82, 2.24) is 0 Å². The Labute approximate surface area is 103 Å². The molecule has 2 N–H and O–H groups in total. The average molecular weight is 255 g/mol. The number of rotatable bonds is 6. The summed E-state index contributed by atoms with van der Waals surface area (Å²) in [6.07, 6.45) is -0.138. The van der Waals surface area contributed by atoms with Gasteiger partial charge >= 0.3 is 5.97 Å². The minimum atomic E-state index is -1.39. The lowest BCUT2D eigenvalue weighted by molar-refractivity contribution is -0.385. The fourth-order valence-electron chi connectivity index (χ4n) is 1.28. The van der Waals surface area contributed by atoms with Crippen LogP contribution >= 0.6 is 0 Å². The van der Waals surface area contributed by atoms with Crippen LogP contribution in [-0.2, 0) is 0 Å². The molecule has 0 aliphatic rings. The molecule has 1 unspecified atom stereocenters. The predicted octanol–water partition coefficient (Wildman–Crippen LogP) is 1.44. The van der Waals surface area contributed by atoms with Crippen molar-refractivity contribution in [3.8, 4) is 5.75 Å². The van der Waals surface area contributed by atoms with Gasteiger partial charge in [0.25, 0.3) is 5.69 Å². The molecule has 7 nitrogen and oxygen atoms in total. The van der Waals surface area contributed by atoms with Crippen LogP contribution in [0.15, 0.2) is 18.2 Å². The highest BCUT2D eigenvalue weighted by molar-refractivity contribution is 5.92. The average Bonchev–Trinajstić information content (AvgIpc) is 2.28. The largest absolute Gasteiger partial charge is 0.493 e. The molecule has 0 heterocycles. The number of nitro groups is 1. The molecular formula is C11H13NO6. The Hall–Kier alpha value is -2.15. The Morgan fingerprint density at radius 3 is 2.72 bits per heavy atom. The van der Waals surface area contributed by atoms with Gasteiger partial charge in [0, 0.05) is 18.6 Å². The second-order valence-corrected chi connectivity index (χ2v) is 3.73. The fourth-order valence-corrected chi connectivity index (χ4v) is 1.28. The van der Waals surface area contributed by atoms with Crippen LogP contribution in [0.25, 0.3) is 0 Å². The molecule has 98 valence electrons. The van der Waals surface area contributed by atoms with Crippen molar-refractivity contribution >= 4 is 11.7 Å². The standard InChI is InChI=1S/C11H13NO6/c1-7(13)4-5-18-8-2-3-10(12(16)17)9(6-8)11(14)15/h2-3,6-7,13H,4-5H2,1H3,(H,14,15). The predicted molar refractivity (Wildman–Crippen MR) is 61.8 cm³/mol. The maximum Gasteiger partial charge on any atom is 0.342 e. The van der Waals surface area contributed by atoms with E-state index in [-0.39, 0.29) is 12.4 Å². The maximum atomic E-state index is 10.9. The normalized spacial score (nSPS) is 11.9. The Morgan fingerprint density at radius 2 is 2.22 bits per heavy atom. The summed E-state index contributed by atoms with van der Waals surface area (Å²) in [5.41, 5.74) is -0.903. The number of nitrogens with zero attached hydrogens (tertiary/aromatic N) is 1. The van der Waals surface area contributed by atoms with Crippen LogP contribution in [0.3, 0.4) is 0 Å². The first-order chi connectivity index (χ1) is 8.41. The van der Waals surface area contributed by atoms with Crippen LogP contribution in [0.2, 0.25) is 0 Å². The van der Waals surface area contributed by atoms with Crippen LogP contribution in [0.4, 0.5) is 5.69 Å². The molecule has 0 saturated heterocycles. The minimum absolute atomic E-state index is 0.203. The van der Waals surface area contributed by atoms with Gasteiger partial charge in [0.15, 0.2) is 0 Å². The molecule has 0 aliphatic carbocycles. The lowest BCUT2D eigenvalue weighted by Crippen LogP contribution is -2.08. The number of aromatic carboxylic acids is 1. The van der Waals surface area contributed by atoms with Gasteiger partial charge in [-0.25, -0.2) is 4.79 Å². The maximum absolute atomic E-state index is 10.9. The summed E-state index contributed by atoms with van der Waals surface area (Å²) in [6.45, 7) is 1.80. The van der Waals surface area contributed by atoms with Crippen molar-refractivity contribution in [3.63, 3.8) is 0 Å². The number of hydrogen-bond donors (Lipinski definition) is 2. The molecule has 0 fully saturated rings. The van der Waals surface area contributed by atoms with Crippen molar-refractivity contribution in [3.05, 3.63) is 33.9 Å². The first kappa shape index (κ1) is 13.9. The quantitative estimate of drug-likeness (QED) is 0.588. The van der Waals surface area contributed by atoms with E-state index in [9.17, 15) is 14.9 Å². The summed E-state index contributed by atoms with van der Waals surface area (Å²) in [7, 11) is 0. The van der Waals surface area contributed by atoms with Crippen LogP contribution in [0, 0.1) is 10.1 Å². The summed E-state index contributed by atoms with van der Waals surface area (Å²) in [5.74, 6) is -1.17. The molecule has 0 aliphatic heterocycles. The summed E-state index contributed by atoms with van der Waals surface area (Å²) in [5, 5.41) is 28.5. The number of aliphatic hydroxyl groups excluding tert-OH is 1. The van der Waals surface area contributed by atoms with Crippen LogP contribution in [-0.4, -0.2) is 33.8 Å². The van der Waals surface area contributed by atoms with E-state index in [1.54, 1.807) is 6.92 Å². The van der Waals surface area contributed by atoms with Crippen molar-refractivity contribution < 1.29 is 24.7 Å². The van der Waals surface area contributed by atoms with Gasteiger partial charge in [-0.3, -0.25) is 10.1 Å². The summed E-state index contributed by atoms with van der Waals surface area (Å²) < 4.78 is 5.20. The molecule has 7 heteroatoms. The van der Waals surface area contributed by atoms with Gasteiger partial charge in [-0.1, -0.05) is 0 Å². The van der Waals surface area contributed by atoms with Crippen molar-refractivity contribution in [2.75, 3.05) is 6.61 Å². The highest BCUT2D eigenvalue weighted by Crippen LogP contribution is 2.24. The number of carbonyl (C=O) groups is 1. The molecule has 1 rings (SSSR count). The topological polar surface area (TPSA) is 110 Å². The molecule has 0 spiro atoms.